The van der Waals surface area contributed by atoms with Crippen LogP contribution >= 0.6 is 0 Å². The molecule has 1 aliphatic heterocycles. The summed E-state index contributed by atoms with van der Waals surface area (Å²) in [6.07, 6.45) is 4.94. The monoisotopic (exact) mass is 273 g/mol. The third kappa shape index (κ3) is 2.53. The summed E-state index contributed by atoms with van der Waals surface area (Å²) in [5.41, 5.74) is 0. The minimum atomic E-state index is -2.31. The van der Waals surface area contributed by atoms with Crippen molar-refractivity contribution < 1.29 is 8.85 Å². The van der Waals surface area contributed by atoms with Crippen LogP contribution in [-0.2, 0) is 8.85 Å². The molecule has 0 aliphatic carbocycles. The van der Waals surface area contributed by atoms with Crippen molar-refractivity contribution in [2.24, 2.45) is 5.92 Å². The van der Waals surface area contributed by atoms with Crippen LogP contribution < -0.4 is 0 Å². The Bertz CT molecular complexity index is 244. The highest BCUT2D eigenvalue weighted by molar-refractivity contribution is 6.67. The second kappa shape index (κ2) is 6.50. The average molecular weight is 273 g/mol. The van der Waals surface area contributed by atoms with Crippen LogP contribution in [0.15, 0.2) is 0 Å². The Kier molecular flexibility index (Phi) is 5.84. The van der Waals surface area contributed by atoms with Gasteiger partial charge in [-0.1, -0.05) is 40.5 Å². The van der Waals surface area contributed by atoms with Crippen LogP contribution in [0.5, 0.6) is 0 Å². The molecular weight excluding hydrogens is 242 g/mol. The average Bonchev–Trinajstić information content (AvgIpc) is 2.86. The maximum atomic E-state index is 6.06. The SMILES string of the molecule is CCC(CC)C(C)(C)[Si](OC)(OC)N1CCCC1. The molecule has 1 saturated heterocycles. The maximum absolute atomic E-state index is 6.06. The van der Waals surface area contributed by atoms with Crippen LogP contribution in [0.1, 0.15) is 53.4 Å². The number of hydrogen-bond acceptors (Lipinski definition) is 3. The van der Waals surface area contributed by atoms with Gasteiger partial charge >= 0.3 is 8.72 Å². The molecular formula is C14H31NO2Si. The molecule has 0 aromatic heterocycles. The first kappa shape index (κ1) is 16.2. The lowest BCUT2D eigenvalue weighted by Crippen LogP contribution is -2.64. The summed E-state index contributed by atoms with van der Waals surface area (Å²) in [5.74, 6) is 0.657. The summed E-state index contributed by atoms with van der Waals surface area (Å²) < 4.78 is 14.6. The lowest BCUT2D eigenvalue weighted by molar-refractivity contribution is 0.123. The molecule has 0 radical (unpaired) electrons. The molecule has 0 unspecified atom stereocenters. The second-order valence-electron chi connectivity index (χ2n) is 5.92. The van der Waals surface area contributed by atoms with E-state index in [2.05, 4.69) is 32.3 Å². The normalized spacial score (nSPS) is 18.8. The minimum Gasteiger partial charge on any atom is -0.386 e. The van der Waals surface area contributed by atoms with Crippen LogP contribution in [-0.4, -0.2) is 40.6 Å². The van der Waals surface area contributed by atoms with Gasteiger partial charge in [-0.25, -0.2) is 0 Å². The molecule has 0 spiro atoms. The molecule has 0 atom stereocenters. The first-order chi connectivity index (χ1) is 8.50. The molecule has 1 rings (SSSR count). The molecule has 1 fully saturated rings. The Morgan fingerprint density at radius 3 is 1.83 bits per heavy atom. The first-order valence-corrected chi connectivity index (χ1v) is 9.11. The van der Waals surface area contributed by atoms with E-state index in [9.17, 15) is 0 Å². The van der Waals surface area contributed by atoms with Crippen LogP contribution in [0.25, 0.3) is 0 Å². The molecule has 0 saturated carbocycles. The fourth-order valence-electron chi connectivity index (χ4n) is 3.85. The summed E-state index contributed by atoms with van der Waals surface area (Å²) in [6, 6.07) is 0. The quantitative estimate of drug-likeness (QED) is 0.662. The van der Waals surface area contributed by atoms with E-state index in [4.69, 9.17) is 8.85 Å². The summed E-state index contributed by atoms with van der Waals surface area (Å²) in [4.78, 5) is 0. The molecule has 18 heavy (non-hydrogen) atoms. The van der Waals surface area contributed by atoms with Gasteiger partial charge in [0, 0.05) is 19.3 Å². The lowest BCUT2D eigenvalue weighted by atomic mass is 9.90. The molecule has 4 heteroatoms. The maximum Gasteiger partial charge on any atom is 0.433 e. The van der Waals surface area contributed by atoms with Crippen molar-refractivity contribution in [3.05, 3.63) is 0 Å². The van der Waals surface area contributed by atoms with E-state index in [1.54, 1.807) is 0 Å². The van der Waals surface area contributed by atoms with Crippen LogP contribution in [0.3, 0.4) is 0 Å². The van der Waals surface area contributed by atoms with Crippen molar-refractivity contribution in [1.82, 2.24) is 4.57 Å². The van der Waals surface area contributed by atoms with Crippen molar-refractivity contribution in [2.75, 3.05) is 27.3 Å². The predicted octanol–water partition coefficient (Wildman–Crippen LogP) is 3.53. The van der Waals surface area contributed by atoms with Crippen LogP contribution in [0.2, 0.25) is 5.04 Å². The fraction of sp³-hybridized carbons (Fsp3) is 1.00. The van der Waals surface area contributed by atoms with Crippen molar-refractivity contribution in [3.8, 4) is 0 Å². The molecule has 3 nitrogen and oxygen atoms in total. The van der Waals surface area contributed by atoms with Gasteiger partial charge in [0.25, 0.3) is 0 Å². The lowest BCUT2D eigenvalue weighted by Gasteiger charge is -2.49. The zero-order valence-corrected chi connectivity index (χ0v) is 14.1. The molecule has 108 valence electrons. The Morgan fingerprint density at radius 1 is 1.06 bits per heavy atom. The van der Waals surface area contributed by atoms with E-state index >= 15 is 0 Å². The zero-order chi connectivity index (χ0) is 13.8. The Labute approximate surface area is 114 Å². The number of nitrogens with zero attached hydrogens (tertiary/aromatic N) is 1. The highest BCUT2D eigenvalue weighted by atomic mass is 28.4. The number of hydrogen-bond donors (Lipinski definition) is 0. The van der Waals surface area contributed by atoms with E-state index in [1.165, 1.54) is 25.7 Å². The standard InChI is InChI=1S/C14H31NO2Si/c1-7-13(8-2)14(3,4)18(16-5,17-6)15-11-9-10-12-15/h13H,7-12H2,1-6H3. The van der Waals surface area contributed by atoms with E-state index in [-0.39, 0.29) is 5.04 Å². The highest BCUT2D eigenvalue weighted by Gasteiger charge is 2.59. The van der Waals surface area contributed by atoms with E-state index < -0.39 is 8.72 Å². The fourth-order valence-corrected chi connectivity index (χ4v) is 8.23. The van der Waals surface area contributed by atoms with Crippen molar-refractivity contribution >= 4 is 8.72 Å². The van der Waals surface area contributed by atoms with Gasteiger partial charge in [0.1, 0.15) is 0 Å². The second-order valence-corrected chi connectivity index (χ2v) is 9.82. The largest absolute Gasteiger partial charge is 0.433 e. The summed E-state index contributed by atoms with van der Waals surface area (Å²) in [5, 5.41) is 0.115. The van der Waals surface area contributed by atoms with Crippen molar-refractivity contribution in [3.63, 3.8) is 0 Å². The van der Waals surface area contributed by atoms with Gasteiger partial charge < -0.3 is 8.85 Å². The predicted molar refractivity (Wildman–Crippen MR) is 78.7 cm³/mol. The van der Waals surface area contributed by atoms with Gasteiger partial charge in [-0.3, -0.25) is 4.57 Å². The summed E-state index contributed by atoms with van der Waals surface area (Å²) >= 11 is 0. The Balaban J connectivity index is 3.07. The van der Waals surface area contributed by atoms with Crippen LogP contribution in [0, 0.1) is 5.92 Å². The molecule has 0 amide bonds. The van der Waals surface area contributed by atoms with Gasteiger partial charge in [0.05, 0.1) is 0 Å². The van der Waals surface area contributed by atoms with Gasteiger partial charge in [-0.2, -0.15) is 0 Å². The molecule has 1 aliphatic rings. The van der Waals surface area contributed by atoms with E-state index in [1.807, 2.05) is 14.2 Å². The van der Waals surface area contributed by atoms with Gasteiger partial charge in [-0.15, -0.1) is 0 Å². The Morgan fingerprint density at radius 2 is 1.50 bits per heavy atom. The zero-order valence-electron chi connectivity index (χ0n) is 13.1. The third-order valence-corrected chi connectivity index (χ3v) is 9.32. The van der Waals surface area contributed by atoms with Crippen molar-refractivity contribution in [2.45, 2.75) is 58.4 Å². The van der Waals surface area contributed by atoms with Crippen molar-refractivity contribution in [1.29, 1.82) is 0 Å². The molecule has 0 bridgehead atoms. The molecule has 1 heterocycles. The molecule has 0 aromatic rings. The topological polar surface area (TPSA) is 21.7 Å². The summed E-state index contributed by atoms with van der Waals surface area (Å²) in [6.45, 7) is 11.5. The van der Waals surface area contributed by atoms with Crippen LogP contribution in [0.4, 0.5) is 0 Å². The minimum absolute atomic E-state index is 0.115. The smallest absolute Gasteiger partial charge is 0.386 e. The number of rotatable bonds is 7. The first-order valence-electron chi connectivity index (χ1n) is 7.35. The van der Waals surface area contributed by atoms with Gasteiger partial charge in [0.2, 0.25) is 0 Å². The van der Waals surface area contributed by atoms with Gasteiger partial charge in [0.15, 0.2) is 0 Å². The highest BCUT2D eigenvalue weighted by Crippen LogP contribution is 2.49. The molecule has 0 N–H and O–H groups in total. The third-order valence-electron chi connectivity index (χ3n) is 4.90. The van der Waals surface area contributed by atoms with E-state index in [0.29, 0.717) is 5.92 Å². The summed E-state index contributed by atoms with van der Waals surface area (Å²) in [7, 11) is 1.38. The Hall–Kier alpha value is 0.0969. The van der Waals surface area contributed by atoms with Gasteiger partial charge in [-0.05, 0) is 31.8 Å². The molecule has 0 aromatic carbocycles. The van der Waals surface area contributed by atoms with E-state index in [0.717, 1.165) is 13.1 Å².